The lowest BCUT2D eigenvalue weighted by atomic mass is 9.79. The van der Waals surface area contributed by atoms with Gasteiger partial charge in [-0.1, -0.05) is 13.8 Å². The molecule has 0 saturated heterocycles. The van der Waals surface area contributed by atoms with Crippen LogP contribution < -0.4 is 5.32 Å². The third-order valence-electron chi connectivity index (χ3n) is 3.80. The van der Waals surface area contributed by atoms with Gasteiger partial charge < -0.3 is 9.73 Å². The van der Waals surface area contributed by atoms with Crippen molar-refractivity contribution in [2.45, 2.75) is 39.2 Å². The standard InChI is InChI=1S/C13H18ClNO2/c1-8-3-4-10(7-9(8)2)15-13(16)11-5-6-17-12(11)14/h5-6,8-10H,3-4,7H2,1-2H3,(H,15,16). The van der Waals surface area contributed by atoms with Gasteiger partial charge in [-0.3, -0.25) is 4.79 Å². The first kappa shape index (κ1) is 12.5. The molecule has 17 heavy (non-hydrogen) atoms. The van der Waals surface area contributed by atoms with Crippen LogP contribution in [0.15, 0.2) is 16.7 Å². The number of halogens is 1. The Bertz CT molecular complexity index is 402. The fraction of sp³-hybridized carbons (Fsp3) is 0.615. The number of hydrogen-bond donors (Lipinski definition) is 1. The summed E-state index contributed by atoms with van der Waals surface area (Å²) in [6.07, 6.45) is 4.70. The SMILES string of the molecule is CC1CCC(NC(=O)c2ccoc2Cl)CC1C. The first-order chi connectivity index (χ1) is 8.08. The Kier molecular flexibility index (Phi) is 3.77. The molecular formula is C13H18ClNO2. The molecule has 3 unspecified atom stereocenters. The summed E-state index contributed by atoms with van der Waals surface area (Å²) in [4.78, 5) is 11.9. The maximum absolute atomic E-state index is 11.9. The van der Waals surface area contributed by atoms with Gasteiger partial charge in [-0.05, 0) is 48.8 Å². The molecule has 2 rings (SSSR count). The molecule has 1 heterocycles. The largest absolute Gasteiger partial charge is 0.452 e. The highest BCUT2D eigenvalue weighted by Gasteiger charge is 2.26. The molecule has 1 aliphatic rings. The molecule has 0 aromatic carbocycles. The molecule has 0 spiro atoms. The molecule has 1 aliphatic carbocycles. The van der Waals surface area contributed by atoms with Gasteiger partial charge in [0.2, 0.25) is 5.22 Å². The first-order valence-electron chi connectivity index (χ1n) is 6.11. The fourth-order valence-corrected chi connectivity index (χ4v) is 2.60. The topological polar surface area (TPSA) is 42.2 Å². The molecule has 4 heteroatoms. The zero-order valence-corrected chi connectivity index (χ0v) is 11.0. The Morgan fingerprint density at radius 1 is 1.41 bits per heavy atom. The summed E-state index contributed by atoms with van der Waals surface area (Å²) in [5.74, 6) is 1.28. The van der Waals surface area contributed by atoms with E-state index in [0.717, 1.165) is 18.8 Å². The molecule has 0 radical (unpaired) electrons. The minimum Gasteiger partial charge on any atom is -0.452 e. The van der Waals surface area contributed by atoms with Gasteiger partial charge in [0.25, 0.3) is 5.91 Å². The van der Waals surface area contributed by atoms with Crippen LogP contribution in [-0.4, -0.2) is 11.9 Å². The molecule has 1 saturated carbocycles. The van der Waals surface area contributed by atoms with Crippen molar-refractivity contribution < 1.29 is 9.21 Å². The lowest BCUT2D eigenvalue weighted by molar-refractivity contribution is 0.0910. The highest BCUT2D eigenvalue weighted by atomic mass is 35.5. The fourth-order valence-electron chi connectivity index (χ4n) is 2.40. The number of amides is 1. The second-order valence-corrected chi connectivity index (χ2v) is 5.39. The molecule has 94 valence electrons. The van der Waals surface area contributed by atoms with Crippen LogP contribution in [0.4, 0.5) is 0 Å². The lowest BCUT2D eigenvalue weighted by Gasteiger charge is -2.32. The van der Waals surface area contributed by atoms with Crippen molar-refractivity contribution in [3.05, 3.63) is 23.1 Å². The van der Waals surface area contributed by atoms with Crippen molar-refractivity contribution in [1.82, 2.24) is 5.32 Å². The maximum atomic E-state index is 11.9. The van der Waals surface area contributed by atoms with Crippen molar-refractivity contribution in [2.24, 2.45) is 11.8 Å². The third kappa shape index (κ3) is 2.83. The average molecular weight is 256 g/mol. The van der Waals surface area contributed by atoms with E-state index in [2.05, 4.69) is 19.2 Å². The molecule has 1 amide bonds. The van der Waals surface area contributed by atoms with E-state index < -0.39 is 0 Å². The third-order valence-corrected chi connectivity index (χ3v) is 4.09. The molecular weight excluding hydrogens is 238 g/mol. The summed E-state index contributed by atoms with van der Waals surface area (Å²) in [5.41, 5.74) is 0.429. The van der Waals surface area contributed by atoms with Gasteiger partial charge in [-0.15, -0.1) is 0 Å². The van der Waals surface area contributed by atoms with Gasteiger partial charge in [0, 0.05) is 6.04 Å². The highest BCUT2D eigenvalue weighted by molar-refractivity contribution is 6.32. The lowest BCUT2D eigenvalue weighted by Crippen LogP contribution is -2.39. The van der Waals surface area contributed by atoms with Crippen LogP contribution >= 0.6 is 11.6 Å². The van der Waals surface area contributed by atoms with Crippen LogP contribution in [0.25, 0.3) is 0 Å². The van der Waals surface area contributed by atoms with Crippen LogP contribution in [0.2, 0.25) is 5.22 Å². The molecule has 0 aliphatic heterocycles. The van der Waals surface area contributed by atoms with Gasteiger partial charge in [-0.25, -0.2) is 0 Å². The number of hydrogen-bond acceptors (Lipinski definition) is 2. The van der Waals surface area contributed by atoms with Crippen LogP contribution in [0, 0.1) is 11.8 Å². The van der Waals surface area contributed by atoms with Crippen molar-refractivity contribution in [1.29, 1.82) is 0 Å². The van der Waals surface area contributed by atoms with Crippen LogP contribution in [0.3, 0.4) is 0 Å². The number of furan rings is 1. The van der Waals surface area contributed by atoms with Crippen LogP contribution in [-0.2, 0) is 0 Å². The van der Waals surface area contributed by atoms with Gasteiger partial charge >= 0.3 is 0 Å². The maximum Gasteiger partial charge on any atom is 0.256 e. The minimum atomic E-state index is -0.129. The van der Waals surface area contributed by atoms with Crippen LogP contribution in [0.5, 0.6) is 0 Å². The van der Waals surface area contributed by atoms with Crippen molar-refractivity contribution in [3.8, 4) is 0 Å². The van der Waals surface area contributed by atoms with Crippen molar-refractivity contribution in [2.75, 3.05) is 0 Å². The first-order valence-corrected chi connectivity index (χ1v) is 6.49. The van der Waals surface area contributed by atoms with E-state index in [0.29, 0.717) is 11.5 Å². The second-order valence-electron chi connectivity index (χ2n) is 5.05. The number of carbonyl (C=O) groups excluding carboxylic acids is 1. The Labute approximate surface area is 107 Å². The summed E-state index contributed by atoms with van der Waals surface area (Å²) in [6, 6.07) is 1.87. The van der Waals surface area contributed by atoms with Crippen LogP contribution in [0.1, 0.15) is 43.5 Å². The predicted molar refractivity (Wildman–Crippen MR) is 67.2 cm³/mol. The normalized spacial score (nSPS) is 29.0. The predicted octanol–water partition coefficient (Wildman–Crippen LogP) is 3.49. The molecule has 1 aromatic rings. The number of carbonyl (C=O) groups is 1. The van der Waals surface area contributed by atoms with Crippen molar-refractivity contribution >= 4 is 17.5 Å². The Balaban J connectivity index is 1.94. The Morgan fingerprint density at radius 2 is 2.18 bits per heavy atom. The van der Waals surface area contributed by atoms with E-state index in [4.69, 9.17) is 16.0 Å². The molecule has 1 aromatic heterocycles. The molecule has 3 nitrogen and oxygen atoms in total. The summed E-state index contributed by atoms with van der Waals surface area (Å²) in [7, 11) is 0. The highest BCUT2D eigenvalue weighted by Crippen LogP contribution is 2.29. The number of nitrogens with one attached hydrogen (secondary N) is 1. The van der Waals surface area contributed by atoms with Gasteiger partial charge in [-0.2, -0.15) is 0 Å². The summed E-state index contributed by atoms with van der Waals surface area (Å²) >= 11 is 5.78. The van der Waals surface area contributed by atoms with E-state index in [-0.39, 0.29) is 17.2 Å². The van der Waals surface area contributed by atoms with Gasteiger partial charge in [0.1, 0.15) is 0 Å². The monoisotopic (exact) mass is 255 g/mol. The summed E-state index contributed by atoms with van der Waals surface area (Å²) in [6.45, 7) is 4.52. The van der Waals surface area contributed by atoms with E-state index in [1.165, 1.54) is 12.7 Å². The molecule has 1 fully saturated rings. The Morgan fingerprint density at radius 3 is 2.76 bits per heavy atom. The van der Waals surface area contributed by atoms with E-state index in [1.807, 2.05) is 0 Å². The van der Waals surface area contributed by atoms with E-state index in [9.17, 15) is 4.79 Å². The average Bonchev–Trinajstić information content (AvgIpc) is 2.70. The molecule has 1 N–H and O–H groups in total. The van der Waals surface area contributed by atoms with Gasteiger partial charge in [0.05, 0.1) is 11.8 Å². The smallest absolute Gasteiger partial charge is 0.256 e. The molecule has 0 bridgehead atoms. The van der Waals surface area contributed by atoms with E-state index in [1.54, 1.807) is 6.07 Å². The van der Waals surface area contributed by atoms with E-state index >= 15 is 0 Å². The van der Waals surface area contributed by atoms with Gasteiger partial charge in [0.15, 0.2) is 0 Å². The Hall–Kier alpha value is -0.960. The molecule has 3 atom stereocenters. The zero-order valence-electron chi connectivity index (χ0n) is 10.2. The minimum absolute atomic E-state index is 0.129. The second kappa shape index (κ2) is 5.13. The summed E-state index contributed by atoms with van der Waals surface area (Å²) < 4.78 is 4.92. The number of rotatable bonds is 2. The van der Waals surface area contributed by atoms with Crippen molar-refractivity contribution in [3.63, 3.8) is 0 Å². The summed E-state index contributed by atoms with van der Waals surface area (Å²) in [5, 5.41) is 3.20. The zero-order chi connectivity index (χ0) is 12.4. The quantitative estimate of drug-likeness (QED) is 0.879.